The highest BCUT2D eigenvalue weighted by atomic mass is 16.5. The molecule has 0 fully saturated rings. The third kappa shape index (κ3) is 4.36. The molecule has 17 heavy (non-hydrogen) atoms. The molecule has 1 aromatic carbocycles. The van der Waals surface area contributed by atoms with Crippen LogP contribution in [0.5, 0.6) is 5.75 Å². The van der Waals surface area contributed by atoms with Crippen LogP contribution in [0.2, 0.25) is 0 Å². The van der Waals surface area contributed by atoms with Gasteiger partial charge in [-0.15, -0.1) is 0 Å². The van der Waals surface area contributed by atoms with Crippen molar-refractivity contribution in [1.29, 1.82) is 0 Å². The maximum atomic E-state index is 5.36. The number of benzene rings is 1. The molecule has 0 radical (unpaired) electrons. The van der Waals surface area contributed by atoms with Gasteiger partial charge in [-0.05, 0) is 32.0 Å². The zero-order chi connectivity index (χ0) is 12.7. The van der Waals surface area contributed by atoms with E-state index in [1.165, 1.54) is 5.56 Å². The van der Waals surface area contributed by atoms with Gasteiger partial charge in [-0.2, -0.15) is 0 Å². The van der Waals surface area contributed by atoms with Gasteiger partial charge in [0.2, 0.25) is 0 Å². The zero-order valence-corrected chi connectivity index (χ0v) is 11.3. The van der Waals surface area contributed by atoms with Crippen LogP contribution < -0.4 is 4.74 Å². The molecule has 3 nitrogen and oxygen atoms in total. The monoisotopic (exact) mass is 237 g/mol. The maximum absolute atomic E-state index is 5.36. The third-order valence-electron chi connectivity index (χ3n) is 3.11. The fourth-order valence-electron chi connectivity index (χ4n) is 1.80. The van der Waals surface area contributed by atoms with E-state index < -0.39 is 0 Å². The summed E-state index contributed by atoms with van der Waals surface area (Å²) in [5.41, 5.74) is 1.26. The molecule has 0 heterocycles. The molecule has 0 saturated heterocycles. The minimum Gasteiger partial charge on any atom is -0.496 e. The normalized spacial score (nSPS) is 12.8. The summed E-state index contributed by atoms with van der Waals surface area (Å²) >= 11 is 0. The first kappa shape index (κ1) is 14.0. The van der Waals surface area contributed by atoms with E-state index in [2.05, 4.69) is 31.0 Å². The lowest BCUT2D eigenvalue weighted by molar-refractivity contribution is 0.142. The predicted octanol–water partition coefficient (Wildman–Crippen LogP) is 2.20. The highest BCUT2D eigenvalue weighted by molar-refractivity contribution is 5.33. The Kier molecular flexibility index (Phi) is 6.01. The van der Waals surface area contributed by atoms with E-state index in [1.54, 1.807) is 14.2 Å². The molecule has 0 spiro atoms. The summed E-state index contributed by atoms with van der Waals surface area (Å²) in [5.74, 6) is 0.972. The molecule has 1 unspecified atom stereocenters. The van der Waals surface area contributed by atoms with Crippen LogP contribution in [0.25, 0.3) is 0 Å². The lowest BCUT2D eigenvalue weighted by Gasteiger charge is -2.25. The quantitative estimate of drug-likeness (QED) is 0.725. The Labute approximate surface area is 104 Å². The standard InChI is InChI=1S/C14H23NO2/c1-12(15(2)9-10-16-3)11-13-7-5-6-8-14(13)17-4/h5-8,12H,9-11H2,1-4H3. The number of nitrogens with zero attached hydrogens (tertiary/aromatic N) is 1. The Morgan fingerprint density at radius 1 is 1.24 bits per heavy atom. The van der Waals surface area contributed by atoms with E-state index in [1.807, 2.05) is 12.1 Å². The molecule has 0 N–H and O–H groups in total. The molecule has 0 aromatic heterocycles. The van der Waals surface area contributed by atoms with Gasteiger partial charge in [-0.1, -0.05) is 18.2 Å². The minimum atomic E-state index is 0.474. The van der Waals surface area contributed by atoms with Crippen LogP contribution in [0.1, 0.15) is 12.5 Å². The summed E-state index contributed by atoms with van der Waals surface area (Å²) in [6.45, 7) is 3.95. The molecule has 3 heteroatoms. The number of likely N-dealkylation sites (N-methyl/N-ethyl adjacent to an activating group) is 1. The average Bonchev–Trinajstić information content (AvgIpc) is 2.36. The highest BCUT2D eigenvalue weighted by Crippen LogP contribution is 2.19. The van der Waals surface area contributed by atoms with Gasteiger partial charge in [0.05, 0.1) is 13.7 Å². The van der Waals surface area contributed by atoms with Gasteiger partial charge in [-0.3, -0.25) is 0 Å². The Hall–Kier alpha value is -1.06. The van der Waals surface area contributed by atoms with E-state index in [0.717, 1.165) is 25.3 Å². The van der Waals surface area contributed by atoms with Gasteiger partial charge < -0.3 is 14.4 Å². The Morgan fingerprint density at radius 3 is 2.59 bits per heavy atom. The van der Waals surface area contributed by atoms with Crippen LogP contribution in [0.15, 0.2) is 24.3 Å². The van der Waals surface area contributed by atoms with Crippen molar-refractivity contribution in [1.82, 2.24) is 4.90 Å². The number of hydrogen-bond donors (Lipinski definition) is 0. The van der Waals surface area contributed by atoms with Crippen LogP contribution >= 0.6 is 0 Å². The number of methoxy groups -OCH3 is 2. The van der Waals surface area contributed by atoms with E-state index in [0.29, 0.717) is 6.04 Å². The van der Waals surface area contributed by atoms with Crippen molar-refractivity contribution in [2.24, 2.45) is 0 Å². The van der Waals surface area contributed by atoms with E-state index in [4.69, 9.17) is 9.47 Å². The van der Waals surface area contributed by atoms with Gasteiger partial charge in [-0.25, -0.2) is 0 Å². The van der Waals surface area contributed by atoms with Crippen LogP contribution in [-0.4, -0.2) is 45.4 Å². The fraction of sp³-hybridized carbons (Fsp3) is 0.571. The van der Waals surface area contributed by atoms with Crippen LogP contribution in [0, 0.1) is 0 Å². The lowest BCUT2D eigenvalue weighted by Crippen LogP contribution is -2.33. The summed E-state index contributed by atoms with van der Waals surface area (Å²) in [7, 11) is 5.58. The number of ether oxygens (including phenoxy) is 2. The van der Waals surface area contributed by atoms with Crippen molar-refractivity contribution in [2.75, 3.05) is 34.4 Å². The summed E-state index contributed by atoms with van der Waals surface area (Å²) in [6.07, 6.45) is 0.990. The molecule has 0 aliphatic carbocycles. The number of rotatable bonds is 7. The third-order valence-corrected chi connectivity index (χ3v) is 3.11. The average molecular weight is 237 g/mol. The molecular formula is C14H23NO2. The van der Waals surface area contributed by atoms with Gasteiger partial charge in [0.15, 0.2) is 0 Å². The molecule has 1 aromatic rings. The fourth-order valence-corrected chi connectivity index (χ4v) is 1.80. The topological polar surface area (TPSA) is 21.7 Å². The van der Waals surface area contributed by atoms with Gasteiger partial charge in [0.25, 0.3) is 0 Å². The second kappa shape index (κ2) is 7.30. The summed E-state index contributed by atoms with van der Waals surface area (Å²) in [4.78, 5) is 2.30. The first-order chi connectivity index (χ1) is 8.19. The minimum absolute atomic E-state index is 0.474. The summed E-state index contributed by atoms with van der Waals surface area (Å²) in [6, 6.07) is 8.67. The van der Waals surface area contributed by atoms with E-state index >= 15 is 0 Å². The Bertz CT molecular complexity index is 328. The smallest absolute Gasteiger partial charge is 0.122 e. The van der Waals surface area contributed by atoms with Gasteiger partial charge in [0.1, 0.15) is 5.75 Å². The molecule has 96 valence electrons. The Morgan fingerprint density at radius 2 is 1.94 bits per heavy atom. The SMILES string of the molecule is COCCN(C)C(C)Cc1ccccc1OC. The van der Waals surface area contributed by atoms with Crippen molar-refractivity contribution in [3.63, 3.8) is 0 Å². The molecule has 1 rings (SSSR count). The first-order valence-corrected chi connectivity index (χ1v) is 6.00. The molecule has 0 bridgehead atoms. The number of para-hydroxylation sites is 1. The first-order valence-electron chi connectivity index (χ1n) is 6.00. The summed E-state index contributed by atoms with van der Waals surface area (Å²) in [5, 5.41) is 0. The number of hydrogen-bond acceptors (Lipinski definition) is 3. The molecule has 0 saturated carbocycles. The van der Waals surface area contributed by atoms with E-state index in [9.17, 15) is 0 Å². The molecular weight excluding hydrogens is 214 g/mol. The highest BCUT2D eigenvalue weighted by Gasteiger charge is 2.12. The lowest BCUT2D eigenvalue weighted by atomic mass is 10.1. The van der Waals surface area contributed by atoms with Crippen LogP contribution in [-0.2, 0) is 11.2 Å². The molecule has 0 aliphatic rings. The molecule has 1 atom stereocenters. The second-order valence-electron chi connectivity index (χ2n) is 4.34. The summed E-state index contributed by atoms with van der Waals surface area (Å²) < 4.78 is 10.5. The molecule has 0 aliphatic heterocycles. The zero-order valence-electron chi connectivity index (χ0n) is 11.3. The largest absolute Gasteiger partial charge is 0.496 e. The van der Waals surface area contributed by atoms with Crippen molar-refractivity contribution >= 4 is 0 Å². The maximum Gasteiger partial charge on any atom is 0.122 e. The second-order valence-corrected chi connectivity index (χ2v) is 4.34. The Balaban J connectivity index is 2.57. The van der Waals surface area contributed by atoms with Crippen molar-refractivity contribution in [3.8, 4) is 5.75 Å². The van der Waals surface area contributed by atoms with Crippen molar-refractivity contribution in [2.45, 2.75) is 19.4 Å². The van der Waals surface area contributed by atoms with Gasteiger partial charge >= 0.3 is 0 Å². The van der Waals surface area contributed by atoms with E-state index in [-0.39, 0.29) is 0 Å². The predicted molar refractivity (Wildman–Crippen MR) is 70.7 cm³/mol. The van der Waals surface area contributed by atoms with Crippen molar-refractivity contribution in [3.05, 3.63) is 29.8 Å². The molecule has 0 amide bonds. The van der Waals surface area contributed by atoms with Crippen LogP contribution in [0.3, 0.4) is 0 Å². The van der Waals surface area contributed by atoms with Gasteiger partial charge in [0, 0.05) is 19.7 Å². The van der Waals surface area contributed by atoms with Crippen LogP contribution in [0.4, 0.5) is 0 Å². The van der Waals surface area contributed by atoms with Crippen molar-refractivity contribution < 1.29 is 9.47 Å².